The highest BCUT2D eigenvalue weighted by Gasteiger charge is 2.22. The van der Waals surface area contributed by atoms with Crippen LogP contribution in [0.1, 0.15) is 35.7 Å². The Kier molecular flexibility index (Phi) is 4.70. The summed E-state index contributed by atoms with van der Waals surface area (Å²) in [6.07, 6.45) is 0.994. The van der Waals surface area contributed by atoms with E-state index in [-0.39, 0.29) is 11.9 Å². The number of hydrogen-bond acceptors (Lipinski definition) is 4. The lowest BCUT2D eigenvalue weighted by Gasteiger charge is -2.23. The predicted octanol–water partition coefficient (Wildman–Crippen LogP) is 3.39. The van der Waals surface area contributed by atoms with E-state index in [1.54, 1.807) is 19.1 Å². The monoisotopic (exact) mass is 322 g/mol. The van der Waals surface area contributed by atoms with E-state index in [0.717, 1.165) is 17.0 Å². The Morgan fingerprint density at radius 1 is 1.08 bits per heavy atom. The smallest absolute Gasteiger partial charge is 0.338 e. The molecule has 1 heterocycles. The molecule has 1 aliphatic heterocycles. The van der Waals surface area contributed by atoms with Crippen LogP contribution in [0.25, 0.3) is 0 Å². The summed E-state index contributed by atoms with van der Waals surface area (Å²) in [6.45, 7) is 2.12. The fraction of sp³-hybridized carbons (Fsp3) is 0.211. The summed E-state index contributed by atoms with van der Waals surface area (Å²) in [4.78, 5) is 23.9. The average Bonchev–Trinajstić information content (AvgIpc) is 2.63. The van der Waals surface area contributed by atoms with Crippen molar-refractivity contribution in [3.05, 3.63) is 65.7 Å². The van der Waals surface area contributed by atoms with Gasteiger partial charge in [-0.2, -0.15) is 5.10 Å². The first-order chi connectivity index (χ1) is 11.7. The number of para-hydroxylation sites is 1. The SMILES string of the molecule is CCOC(=O)c1ccc(C2=NN(c3ccccc3)C(=O)CC2)cc1. The number of rotatable bonds is 4. The highest BCUT2D eigenvalue weighted by molar-refractivity contribution is 6.09. The van der Waals surface area contributed by atoms with Crippen molar-refractivity contribution in [2.24, 2.45) is 5.10 Å². The maximum atomic E-state index is 12.1. The Morgan fingerprint density at radius 2 is 1.79 bits per heavy atom. The van der Waals surface area contributed by atoms with Crippen LogP contribution in [0, 0.1) is 0 Å². The van der Waals surface area contributed by atoms with Crippen LogP contribution in [0.5, 0.6) is 0 Å². The molecule has 1 amide bonds. The Morgan fingerprint density at radius 3 is 2.46 bits per heavy atom. The molecule has 0 saturated carbocycles. The van der Waals surface area contributed by atoms with Crippen molar-refractivity contribution in [1.82, 2.24) is 0 Å². The first-order valence-corrected chi connectivity index (χ1v) is 7.92. The largest absolute Gasteiger partial charge is 0.462 e. The second-order valence-corrected chi connectivity index (χ2v) is 5.39. The number of carbonyl (C=O) groups is 2. The summed E-state index contributed by atoms with van der Waals surface area (Å²) in [6, 6.07) is 16.5. The number of hydrazone groups is 1. The first-order valence-electron chi connectivity index (χ1n) is 7.92. The van der Waals surface area contributed by atoms with Crippen LogP contribution in [0.3, 0.4) is 0 Å². The molecule has 0 fully saturated rings. The van der Waals surface area contributed by atoms with Crippen LogP contribution in [-0.2, 0) is 9.53 Å². The lowest BCUT2D eigenvalue weighted by atomic mass is 10.0. The Balaban J connectivity index is 1.86. The normalized spacial score (nSPS) is 14.3. The van der Waals surface area contributed by atoms with Gasteiger partial charge in [0, 0.05) is 12.8 Å². The van der Waals surface area contributed by atoms with Gasteiger partial charge in [-0.25, -0.2) is 9.80 Å². The first kappa shape index (κ1) is 15.9. The fourth-order valence-electron chi connectivity index (χ4n) is 2.54. The van der Waals surface area contributed by atoms with Crippen molar-refractivity contribution in [3.63, 3.8) is 0 Å². The number of amides is 1. The molecule has 122 valence electrons. The second-order valence-electron chi connectivity index (χ2n) is 5.39. The van der Waals surface area contributed by atoms with Gasteiger partial charge in [0.1, 0.15) is 0 Å². The molecule has 1 aliphatic rings. The molecule has 3 rings (SSSR count). The number of esters is 1. The second kappa shape index (κ2) is 7.08. The minimum Gasteiger partial charge on any atom is -0.462 e. The van der Waals surface area contributed by atoms with Gasteiger partial charge in [0.25, 0.3) is 0 Å². The van der Waals surface area contributed by atoms with Crippen LogP contribution in [0.4, 0.5) is 5.69 Å². The average molecular weight is 322 g/mol. The summed E-state index contributed by atoms with van der Waals surface area (Å²) in [5, 5.41) is 5.94. The molecule has 0 bridgehead atoms. The number of hydrogen-bond donors (Lipinski definition) is 0. The fourth-order valence-corrected chi connectivity index (χ4v) is 2.54. The van der Waals surface area contributed by atoms with E-state index in [1.807, 2.05) is 42.5 Å². The summed E-state index contributed by atoms with van der Waals surface area (Å²) >= 11 is 0. The van der Waals surface area contributed by atoms with E-state index in [4.69, 9.17) is 4.74 Å². The van der Waals surface area contributed by atoms with Crippen LogP contribution in [0.15, 0.2) is 59.7 Å². The van der Waals surface area contributed by atoms with Gasteiger partial charge in [0.2, 0.25) is 5.91 Å². The molecule has 0 saturated heterocycles. The lowest BCUT2D eigenvalue weighted by molar-refractivity contribution is -0.118. The van der Waals surface area contributed by atoms with E-state index in [1.165, 1.54) is 5.01 Å². The molecule has 5 nitrogen and oxygen atoms in total. The summed E-state index contributed by atoms with van der Waals surface area (Å²) in [7, 11) is 0. The molecule has 0 N–H and O–H groups in total. The lowest BCUT2D eigenvalue weighted by Crippen LogP contribution is -2.31. The topological polar surface area (TPSA) is 59.0 Å². The van der Waals surface area contributed by atoms with Crippen molar-refractivity contribution in [1.29, 1.82) is 0 Å². The van der Waals surface area contributed by atoms with Gasteiger partial charge in [-0.3, -0.25) is 4.79 Å². The minimum absolute atomic E-state index is 0.0203. The third kappa shape index (κ3) is 3.35. The van der Waals surface area contributed by atoms with Crippen molar-refractivity contribution in [2.45, 2.75) is 19.8 Å². The molecule has 0 aliphatic carbocycles. The quantitative estimate of drug-likeness (QED) is 0.811. The molecule has 0 atom stereocenters. The molecule has 0 radical (unpaired) electrons. The molecule has 0 aromatic heterocycles. The van der Waals surface area contributed by atoms with Crippen molar-refractivity contribution in [3.8, 4) is 0 Å². The molecule has 24 heavy (non-hydrogen) atoms. The van der Waals surface area contributed by atoms with Crippen molar-refractivity contribution in [2.75, 3.05) is 11.6 Å². The third-order valence-corrected chi connectivity index (χ3v) is 3.76. The van der Waals surface area contributed by atoms with Crippen LogP contribution >= 0.6 is 0 Å². The zero-order chi connectivity index (χ0) is 16.9. The third-order valence-electron chi connectivity index (χ3n) is 3.76. The van der Waals surface area contributed by atoms with Gasteiger partial charge in [0.15, 0.2) is 0 Å². The Bertz CT molecular complexity index is 767. The van der Waals surface area contributed by atoms with Gasteiger partial charge in [-0.1, -0.05) is 30.3 Å². The zero-order valence-corrected chi connectivity index (χ0v) is 13.4. The summed E-state index contributed by atoms with van der Waals surface area (Å²) in [5.74, 6) is -0.358. The number of carbonyl (C=O) groups excluding carboxylic acids is 2. The molecular weight excluding hydrogens is 304 g/mol. The van der Waals surface area contributed by atoms with Crippen LogP contribution in [-0.4, -0.2) is 24.2 Å². The number of benzene rings is 2. The van der Waals surface area contributed by atoms with Crippen LogP contribution < -0.4 is 5.01 Å². The highest BCUT2D eigenvalue weighted by atomic mass is 16.5. The van der Waals surface area contributed by atoms with E-state index >= 15 is 0 Å². The minimum atomic E-state index is -0.337. The van der Waals surface area contributed by atoms with Gasteiger partial charge in [-0.05, 0) is 36.8 Å². The summed E-state index contributed by atoms with van der Waals surface area (Å²) in [5.41, 5.74) is 2.99. The van der Waals surface area contributed by atoms with Crippen molar-refractivity contribution >= 4 is 23.3 Å². The number of ether oxygens (including phenoxy) is 1. The van der Waals surface area contributed by atoms with Gasteiger partial charge < -0.3 is 4.74 Å². The number of nitrogens with zero attached hydrogens (tertiary/aromatic N) is 2. The highest BCUT2D eigenvalue weighted by Crippen LogP contribution is 2.22. The molecule has 2 aromatic carbocycles. The molecular formula is C19H18N2O3. The summed E-state index contributed by atoms with van der Waals surface area (Å²) < 4.78 is 4.98. The molecule has 0 unspecified atom stereocenters. The van der Waals surface area contributed by atoms with Gasteiger partial charge >= 0.3 is 5.97 Å². The zero-order valence-electron chi connectivity index (χ0n) is 13.4. The Labute approximate surface area is 140 Å². The van der Waals surface area contributed by atoms with Crippen LogP contribution in [0.2, 0.25) is 0 Å². The predicted molar refractivity (Wildman–Crippen MR) is 92.1 cm³/mol. The van der Waals surface area contributed by atoms with Gasteiger partial charge in [-0.15, -0.1) is 0 Å². The molecule has 5 heteroatoms. The van der Waals surface area contributed by atoms with Crippen molar-refractivity contribution < 1.29 is 14.3 Å². The standard InChI is InChI=1S/C19H18N2O3/c1-2-24-19(23)15-10-8-14(9-11-15)17-12-13-18(22)21(20-17)16-6-4-3-5-7-16/h3-11H,2,12-13H2,1H3. The van der Waals surface area contributed by atoms with E-state index in [0.29, 0.717) is 25.0 Å². The maximum absolute atomic E-state index is 12.1. The maximum Gasteiger partial charge on any atom is 0.338 e. The molecule has 2 aromatic rings. The van der Waals surface area contributed by atoms with E-state index in [9.17, 15) is 9.59 Å². The van der Waals surface area contributed by atoms with E-state index < -0.39 is 0 Å². The Hall–Kier alpha value is -2.95. The molecule has 0 spiro atoms. The van der Waals surface area contributed by atoms with Gasteiger partial charge in [0.05, 0.1) is 23.6 Å². The number of anilines is 1. The van der Waals surface area contributed by atoms with E-state index in [2.05, 4.69) is 5.10 Å².